The summed E-state index contributed by atoms with van der Waals surface area (Å²) in [5.74, 6) is 0.579. The predicted octanol–water partition coefficient (Wildman–Crippen LogP) is 1.80. The highest BCUT2D eigenvalue weighted by atomic mass is 16.5. The first-order valence-corrected chi connectivity index (χ1v) is 6.49. The normalized spacial score (nSPS) is 22.3. The molecule has 1 atom stereocenters. The standard InChI is InChI=1S/C13H27NO2/c1-11(2)12(4-7-15)14-10-13(3)5-8-16-9-6-13/h11-12,14-15H,4-10H2,1-3H3. The first-order valence-electron chi connectivity index (χ1n) is 6.49. The number of nitrogens with one attached hydrogen (secondary N) is 1. The third kappa shape index (κ3) is 4.40. The number of hydrogen-bond donors (Lipinski definition) is 2. The van der Waals surface area contributed by atoms with Crippen molar-refractivity contribution in [3.8, 4) is 0 Å². The number of aliphatic hydroxyl groups excluding tert-OH is 1. The van der Waals surface area contributed by atoms with Gasteiger partial charge in [-0.25, -0.2) is 0 Å². The van der Waals surface area contributed by atoms with Crippen LogP contribution in [0.3, 0.4) is 0 Å². The second kappa shape index (κ2) is 6.58. The Morgan fingerprint density at radius 2 is 1.94 bits per heavy atom. The lowest BCUT2D eigenvalue weighted by atomic mass is 9.82. The van der Waals surface area contributed by atoms with Crippen molar-refractivity contribution in [2.75, 3.05) is 26.4 Å². The zero-order valence-corrected chi connectivity index (χ0v) is 11.0. The van der Waals surface area contributed by atoms with Crippen molar-refractivity contribution >= 4 is 0 Å². The van der Waals surface area contributed by atoms with E-state index in [9.17, 15) is 0 Å². The fraction of sp³-hybridized carbons (Fsp3) is 1.00. The zero-order chi connectivity index (χ0) is 12.0. The number of rotatable bonds is 6. The van der Waals surface area contributed by atoms with Gasteiger partial charge in [0, 0.05) is 32.4 Å². The van der Waals surface area contributed by atoms with E-state index in [-0.39, 0.29) is 6.61 Å². The summed E-state index contributed by atoms with van der Waals surface area (Å²) in [7, 11) is 0. The van der Waals surface area contributed by atoms with Gasteiger partial charge in [0.2, 0.25) is 0 Å². The summed E-state index contributed by atoms with van der Waals surface area (Å²) in [4.78, 5) is 0. The maximum atomic E-state index is 9.03. The highest BCUT2D eigenvalue weighted by Crippen LogP contribution is 2.29. The largest absolute Gasteiger partial charge is 0.396 e. The van der Waals surface area contributed by atoms with Crippen molar-refractivity contribution in [2.24, 2.45) is 11.3 Å². The molecule has 1 aliphatic heterocycles. The molecule has 3 heteroatoms. The Kier molecular flexibility index (Phi) is 5.73. The van der Waals surface area contributed by atoms with Crippen molar-refractivity contribution in [3.63, 3.8) is 0 Å². The lowest BCUT2D eigenvalue weighted by molar-refractivity contribution is 0.0217. The lowest BCUT2D eigenvalue weighted by Crippen LogP contribution is -2.43. The minimum Gasteiger partial charge on any atom is -0.396 e. The first kappa shape index (κ1) is 13.9. The molecule has 0 aromatic rings. The molecule has 2 N–H and O–H groups in total. The molecule has 0 aliphatic carbocycles. The maximum Gasteiger partial charge on any atom is 0.0471 e. The van der Waals surface area contributed by atoms with E-state index in [0.717, 1.165) is 39.0 Å². The van der Waals surface area contributed by atoms with Crippen molar-refractivity contribution in [3.05, 3.63) is 0 Å². The fourth-order valence-electron chi connectivity index (χ4n) is 2.23. The van der Waals surface area contributed by atoms with Gasteiger partial charge in [0.05, 0.1) is 0 Å². The molecule has 1 aliphatic rings. The molecule has 0 amide bonds. The third-order valence-electron chi connectivity index (χ3n) is 3.74. The lowest BCUT2D eigenvalue weighted by Gasteiger charge is -2.36. The molecule has 1 fully saturated rings. The Morgan fingerprint density at radius 3 is 2.44 bits per heavy atom. The zero-order valence-electron chi connectivity index (χ0n) is 11.0. The Morgan fingerprint density at radius 1 is 1.31 bits per heavy atom. The van der Waals surface area contributed by atoms with Gasteiger partial charge in [0.15, 0.2) is 0 Å². The monoisotopic (exact) mass is 229 g/mol. The first-order chi connectivity index (χ1) is 7.57. The van der Waals surface area contributed by atoms with Crippen LogP contribution in [0.4, 0.5) is 0 Å². The minimum atomic E-state index is 0.273. The fourth-order valence-corrected chi connectivity index (χ4v) is 2.23. The van der Waals surface area contributed by atoms with E-state index in [4.69, 9.17) is 9.84 Å². The second-order valence-electron chi connectivity index (χ2n) is 5.67. The van der Waals surface area contributed by atoms with Crippen LogP contribution < -0.4 is 5.32 Å². The van der Waals surface area contributed by atoms with Gasteiger partial charge >= 0.3 is 0 Å². The Labute approximate surface area is 99.6 Å². The van der Waals surface area contributed by atoms with Crippen LogP contribution in [0, 0.1) is 11.3 Å². The molecule has 0 saturated carbocycles. The van der Waals surface area contributed by atoms with E-state index in [1.807, 2.05) is 0 Å². The summed E-state index contributed by atoms with van der Waals surface area (Å²) in [6, 6.07) is 0.435. The van der Waals surface area contributed by atoms with Gasteiger partial charge in [-0.1, -0.05) is 20.8 Å². The van der Waals surface area contributed by atoms with Gasteiger partial charge in [-0.05, 0) is 30.6 Å². The molecule has 0 bridgehead atoms. The molecule has 1 rings (SSSR count). The number of ether oxygens (including phenoxy) is 1. The van der Waals surface area contributed by atoms with Gasteiger partial charge in [-0.3, -0.25) is 0 Å². The van der Waals surface area contributed by atoms with E-state index < -0.39 is 0 Å². The predicted molar refractivity (Wildman–Crippen MR) is 66.5 cm³/mol. The molecular weight excluding hydrogens is 202 g/mol. The van der Waals surface area contributed by atoms with Crippen LogP contribution in [0.1, 0.15) is 40.0 Å². The quantitative estimate of drug-likeness (QED) is 0.730. The van der Waals surface area contributed by atoms with Crippen molar-refractivity contribution in [2.45, 2.75) is 46.1 Å². The van der Waals surface area contributed by atoms with Gasteiger partial charge in [0.1, 0.15) is 0 Å². The minimum absolute atomic E-state index is 0.273. The van der Waals surface area contributed by atoms with E-state index in [1.54, 1.807) is 0 Å². The Bertz CT molecular complexity index is 188. The molecule has 0 radical (unpaired) electrons. The molecule has 96 valence electrons. The summed E-state index contributed by atoms with van der Waals surface area (Å²) in [5.41, 5.74) is 0.376. The van der Waals surface area contributed by atoms with Crippen molar-refractivity contribution in [1.29, 1.82) is 0 Å². The average Bonchev–Trinajstić information content (AvgIpc) is 2.25. The molecule has 3 nitrogen and oxygen atoms in total. The van der Waals surface area contributed by atoms with Gasteiger partial charge < -0.3 is 15.2 Å². The van der Waals surface area contributed by atoms with Crippen molar-refractivity contribution in [1.82, 2.24) is 5.32 Å². The highest BCUT2D eigenvalue weighted by Gasteiger charge is 2.28. The number of hydrogen-bond acceptors (Lipinski definition) is 3. The Hall–Kier alpha value is -0.120. The molecule has 0 aromatic carbocycles. The second-order valence-corrected chi connectivity index (χ2v) is 5.67. The van der Waals surface area contributed by atoms with Crippen LogP contribution in [0.2, 0.25) is 0 Å². The third-order valence-corrected chi connectivity index (χ3v) is 3.74. The summed E-state index contributed by atoms with van der Waals surface area (Å²) in [6.45, 7) is 9.85. The smallest absolute Gasteiger partial charge is 0.0471 e. The van der Waals surface area contributed by atoms with Crippen LogP contribution >= 0.6 is 0 Å². The summed E-state index contributed by atoms with van der Waals surface area (Å²) >= 11 is 0. The summed E-state index contributed by atoms with van der Waals surface area (Å²) in [5, 5.41) is 12.6. The maximum absolute atomic E-state index is 9.03. The summed E-state index contributed by atoms with van der Waals surface area (Å²) < 4.78 is 5.40. The van der Waals surface area contributed by atoms with Crippen LogP contribution in [0.15, 0.2) is 0 Å². The van der Waals surface area contributed by atoms with Gasteiger partial charge in [-0.15, -0.1) is 0 Å². The van der Waals surface area contributed by atoms with Crippen LogP contribution in [0.25, 0.3) is 0 Å². The molecule has 1 saturated heterocycles. The molecule has 0 spiro atoms. The van der Waals surface area contributed by atoms with Crippen LogP contribution in [0.5, 0.6) is 0 Å². The molecular formula is C13H27NO2. The van der Waals surface area contributed by atoms with E-state index in [1.165, 1.54) is 0 Å². The summed E-state index contributed by atoms with van der Waals surface area (Å²) in [6.07, 6.45) is 3.14. The van der Waals surface area contributed by atoms with E-state index in [0.29, 0.717) is 17.4 Å². The van der Waals surface area contributed by atoms with Gasteiger partial charge in [-0.2, -0.15) is 0 Å². The van der Waals surface area contributed by atoms with Gasteiger partial charge in [0.25, 0.3) is 0 Å². The van der Waals surface area contributed by atoms with Crippen molar-refractivity contribution < 1.29 is 9.84 Å². The van der Waals surface area contributed by atoms with Crippen LogP contribution in [-0.4, -0.2) is 37.5 Å². The molecule has 0 aromatic heterocycles. The topological polar surface area (TPSA) is 41.5 Å². The number of aliphatic hydroxyl groups is 1. The highest BCUT2D eigenvalue weighted by molar-refractivity contribution is 4.82. The SMILES string of the molecule is CC(C)C(CCO)NCC1(C)CCOCC1. The van der Waals surface area contributed by atoms with Crippen LogP contribution in [-0.2, 0) is 4.74 Å². The Balaban J connectivity index is 2.35. The van der Waals surface area contributed by atoms with E-state index >= 15 is 0 Å². The molecule has 16 heavy (non-hydrogen) atoms. The molecule has 1 heterocycles. The van der Waals surface area contributed by atoms with E-state index in [2.05, 4.69) is 26.1 Å². The molecule has 1 unspecified atom stereocenters. The average molecular weight is 229 g/mol.